The first-order valence-electron chi connectivity index (χ1n) is 4.88. The predicted molar refractivity (Wildman–Crippen MR) is 51.6 cm³/mol. The van der Waals surface area contributed by atoms with Gasteiger partial charge in [0.15, 0.2) is 5.96 Å². The minimum Gasteiger partial charge on any atom is -0.374 e. The largest absolute Gasteiger partial charge is 0.374 e. The van der Waals surface area contributed by atoms with Crippen LogP contribution in [0.3, 0.4) is 0 Å². The molecule has 2 aliphatic rings. The van der Waals surface area contributed by atoms with Crippen molar-refractivity contribution in [2.24, 2.45) is 10.7 Å². The van der Waals surface area contributed by atoms with Crippen molar-refractivity contribution in [1.29, 1.82) is 0 Å². The van der Waals surface area contributed by atoms with Gasteiger partial charge in [0.1, 0.15) is 0 Å². The average Bonchev–Trinajstić information content (AvgIpc) is 2.62. The van der Waals surface area contributed by atoms with Crippen LogP contribution in [-0.2, 0) is 4.74 Å². The summed E-state index contributed by atoms with van der Waals surface area (Å²) < 4.78 is 5.49. The Bertz CT molecular complexity index is 227. The molecule has 13 heavy (non-hydrogen) atoms. The minimum absolute atomic E-state index is 0.278. The lowest BCUT2D eigenvalue weighted by molar-refractivity contribution is 0.0561. The molecule has 0 saturated carbocycles. The van der Waals surface area contributed by atoms with Crippen molar-refractivity contribution in [3.8, 4) is 0 Å². The number of likely N-dealkylation sites (tertiary alicyclic amines) is 1. The van der Waals surface area contributed by atoms with Crippen LogP contribution in [0.4, 0.5) is 0 Å². The van der Waals surface area contributed by atoms with Crippen LogP contribution >= 0.6 is 0 Å². The molecule has 0 aromatic carbocycles. The fourth-order valence-electron chi connectivity index (χ4n) is 2.02. The highest BCUT2D eigenvalue weighted by molar-refractivity contribution is 5.79. The molecule has 74 valence electrons. The molecule has 4 nitrogen and oxygen atoms in total. The number of guanidine groups is 1. The Morgan fingerprint density at radius 1 is 1.62 bits per heavy atom. The maximum Gasteiger partial charge on any atom is 0.191 e. The molecule has 2 saturated heterocycles. The summed E-state index contributed by atoms with van der Waals surface area (Å²) in [5.41, 5.74) is 5.89. The third-order valence-electron chi connectivity index (χ3n) is 2.59. The molecule has 2 rings (SSSR count). The molecule has 4 heteroatoms. The van der Waals surface area contributed by atoms with Crippen molar-refractivity contribution in [2.75, 3.05) is 13.2 Å². The van der Waals surface area contributed by atoms with Gasteiger partial charge in [-0.15, -0.1) is 0 Å². The summed E-state index contributed by atoms with van der Waals surface area (Å²) in [4.78, 5) is 6.52. The molecule has 2 fully saturated rings. The Hall–Kier alpha value is -0.770. The van der Waals surface area contributed by atoms with E-state index in [0.29, 0.717) is 18.1 Å². The molecule has 0 aromatic heterocycles. The number of ether oxygens (including phenoxy) is 1. The van der Waals surface area contributed by atoms with Crippen LogP contribution in [0.5, 0.6) is 0 Å². The fourth-order valence-corrected chi connectivity index (χ4v) is 2.02. The molecule has 2 bridgehead atoms. The van der Waals surface area contributed by atoms with Gasteiger partial charge in [0.05, 0.1) is 18.8 Å². The van der Waals surface area contributed by atoms with Crippen LogP contribution in [0.1, 0.15) is 20.3 Å². The maximum atomic E-state index is 5.89. The zero-order chi connectivity index (χ0) is 9.42. The van der Waals surface area contributed by atoms with Crippen molar-refractivity contribution in [1.82, 2.24) is 4.90 Å². The summed E-state index contributed by atoms with van der Waals surface area (Å²) in [6.45, 7) is 5.82. The molecule has 0 spiro atoms. The number of hydrogen-bond acceptors (Lipinski definition) is 2. The van der Waals surface area contributed by atoms with E-state index in [2.05, 4.69) is 9.89 Å². The first kappa shape index (κ1) is 8.81. The molecule has 2 aliphatic heterocycles. The van der Waals surface area contributed by atoms with Crippen LogP contribution in [-0.4, -0.2) is 42.2 Å². The van der Waals surface area contributed by atoms with E-state index in [0.717, 1.165) is 19.6 Å². The molecular formula is C9H17N3O. The second-order valence-corrected chi connectivity index (χ2v) is 4.08. The third kappa shape index (κ3) is 1.63. The van der Waals surface area contributed by atoms with Crippen LogP contribution in [0, 0.1) is 0 Å². The zero-order valence-electron chi connectivity index (χ0n) is 8.23. The predicted octanol–water partition coefficient (Wildman–Crippen LogP) is 0.183. The molecular weight excluding hydrogens is 166 g/mol. The summed E-state index contributed by atoms with van der Waals surface area (Å²) in [6, 6.07) is 0.757. The quantitative estimate of drug-likeness (QED) is 0.466. The number of nitrogens with two attached hydrogens (primary N) is 1. The van der Waals surface area contributed by atoms with Crippen molar-refractivity contribution in [3.63, 3.8) is 0 Å². The van der Waals surface area contributed by atoms with E-state index in [1.54, 1.807) is 0 Å². The van der Waals surface area contributed by atoms with Gasteiger partial charge in [-0.2, -0.15) is 0 Å². The van der Waals surface area contributed by atoms with Gasteiger partial charge in [-0.25, -0.2) is 0 Å². The van der Waals surface area contributed by atoms with Gasteiger partial charge in [-0.1, -0.05) is 0 Å². The SMILES string of the molecule is CC(C)N=C(N)N1CC2CC1CO2. The van der Waals surface area contributed by atoms with Gasteiger partial charge in [0.2, 0.25) is 0 Å². The Morgan fingerprint density at radius 3 is 2.85 bits per heavy atom. The molecule has 2 atom stereocenters. The summed E-state index contributed by atoms with van der Waals surface area (Å²) in [5, 5.41) is 0. The van der Waals surface area contributed by atoms with Gasteiger partial charge in [-0.3, -0.25) is 4.99 Å². The highest BCUT2D eigenvalue weighted by Crippen LogP contribution is 2.27. The number of nitrogens with zero attached hydrogens (tertiary/aromatic N) is 2. The minimum atomic E-state index is 0.278. The Balaban J connectivity index is 2.02. The normalized spacial score (nSPS) is 33.5. The van der Waals surface area contributed by atoms with Crippen molar-refractivity contribution >= 4 is 5.96 Å². The van der Waals surface area contributed by atoms with Gasteiger partial charge < -0.3 is 15.4 Å². The number of fused-ring (bicyclic) bond motifs is 2. The lowest BCUT2D eigenvalue weighted by Gasteiger charge is -2.28. The fraction of sp³-hybridized carbons (Fsp3) is 0.889. The van der Waals surface area contributed by atoms with Crippen LogP contribution in [0.15, 0.2) is 4.99 Å². The van der Waals surface area contributed by atoms with Crippen LogP contribution in [0.25, 0.3) is 0 Å². The number of hydrogen-bond donors (Lipinski definition) is 1. The first-order valence-corrected chi connectivity index (χ1v) is 4.88. The molecule has 2 unspecified atom stereocenters. The molecule has 0 aromatic rings. The Morgan fingerprint density at radius 2 is 2.38 bits per heavy atom. The van der Waals surface area contributed by atoms with Gasteiger partial charge >= 0.3 is 0 Å². The third-order valence-corrected chi connectivity index (χ3v) is 2.59. The lowest BCUT2D eigenvalue weighted by Crippen LogP contribution is -2.45. The van der Waals surface area contributed by atoms with Crippen molar-refractivity contribution < 1.29 is 4.74 Å². The average molecular weight is 183 g/mol. The molecule has 2 heterocycles. The van der Waals surface area contributed by atoms with Crippen molar-refractivity contribution in [3.05, 3.63) is 0 Å². The second kappa shape index (κ2) is 3.18. The zero-order valence-corrected chi connectivity index (χ0v) is 8.23. The van der Waals surface area contributed by atoms with E-state index >= 15 is 0 Å². The number of rotatable bonds is 1. The second-order valence-electron chi connectivity index (χ2n) is 4.08. The molecule has 2 N–H and O–H groups in total. The Kier molecular flexibility index (Phi) is 2.15. The van der Waals surface area contributed by atoms with E-state index in [9.17, 15) is 0 Å². The highest BCUT2D eigenvalue weighted by atomic mass is 16.5. The summed E-state index contributed by atoms with van der Waals surface area (Å²) in [7, 11) is 0. The van der Waals surface area contributed by atoms with E-state index in [1.807, 2.05) is 13.8 Å². The summed E-state index contributed by atoms with van der Waals surface area (Å²) in [5.74, 6) is 0.686. The summed E-state index contributed by atoms with van der Waals surface area (Å²) in [6.07, 6.45) is 1.51. The topological polar surface area (TPSA) is 50.8 Å². The molecule has 0 aliphatic carbocycles. The van der Waals surface area contributed by atoms with Gasteiger partial charge in [-0.05, 0) is 20.3 Å². The van der Waals surface area contributed by atoms with E-state index in [1.165, 1.54) is 0 Å². The van der Waals surface area contributed by atoms with Crippen LogP contribution in [0.2, 0.25) is 0 Å². The molecule has 0 amide bonds. The van der Waals surface area contributed by atoms with Crippen LogP contribution < -0.4 is 5.73 Å². The molecule has 0 radical (unpaired) electrons. The monoisotopic (exact) mass is 183 g/mol. The Labute approximate surface area is 78.8 Å². The van der Waals surface area contributed by atoms with E-state index < -0.39 is 0 Å². The number of morpholine rings is 1. The lowest BCUT2D eigenvalue weighted by atomic mass is 10.2. The van der Waals surface area contributed by atoms with E-state index in [-0.39, 0.29) is 6.04 Å². The number of aliphatic imine (C=N–C) groups is 1. The standard InChI is InChI=1S/C9H17N3O/c1-6(2)11-9(10)12-4-8-3-7(12)5-13-8/h6-8H,3-5H2,1-2H3,(H2,10,11). The smallest absolute Gasteiger partial charge is 0.191 e. The van der Waals surface area contributed by atoms with Crippen molar-refractivity contribution in [2.45, 2.75) is 38.5 Å². The van der Waals surface area contributed by atoms with Gasteiger partial charge in [0.25, 0.3) is 0 Å². The van der Waals surface area contributed by atoms with E-state index in [4.69, 9.17) is 10.5 Å². The highest BCUT2D eigenvalue weighted by Gasteiger charge is 2.39. The maximum absolute atomic E-state index is 5.89. The first-order chi connectivity index (χ1) is 6.16. The van der Waals surface area contributed by atoms with Gasteiger partial charge in [0, 0.05) is 12.6 Å². The summed E-state index contributed by atoms with van der Waals surface area (Å²) >= 11 is 0.